The molecule has 4 heteroatoms. The van der Waals surface area contributed by atoms with Gasteiger partial charge < -0.3 is 4.52 Å². The Bertz CT molecular complexity index is 267. The third kappa shape index (κ3) is 1.64. The van der Waals surface area contributed by atoms with Crippen molar-refractivity contribution in [2.45, 2.75) is 32.4 Å². The minimum Gasteiger partial charge on any atom is -0.338 e. The first-order valence-electron chi connectivity index (χ1n) is 4.25. The summed E-state index contributed by atoms with van der Waals surface area (Å²) in [4.78, 5) is 6.40. The second-order valence-electron chi connectivity index (χ2n) is 3.38. The lowest BCUT2D eigenvalue weighted by Gasteiger charge is -2.11. The van der Waals surface area contributed by atoms with Crippen LogP contribution in [0.2, 0.25) is 0 Å². The number of rotatable bonds is 3. The molecule has 1 aromatic heterocycles. The highest BCUT2D eigenvalue weighted by atomic mass is 16.5. The van der Waals surface area contributed by atoms with Crippen LogP contribution in [0.15, 0.2) is 4.52 Å². The van der Waals surface area contributed by atoms with Gasteiger partial charge in [-0.05, 0) is 26.8 Å². The summed E-state index contributed by atoms with van der Waals surface area (Å²) in [5.74, 6) is 1.44. The van der Waals surface area contributed by atoms with Gasteiger partial charge in [0.1, 0.15) is 0 Å². The lowest BCUT2D eigenvalue weighted by atomic mass is 10.5. The molecular weight excluding hydrogens is 154 g/mol. The average Bonchev–Trinajstić information content (AvgIpc) is 2.78. The van der Waals surface area contributed by atoms with Crippen LogP contribution in [0.5, 0.6) is 0 Å². The first-order valence-corrected chi connectivity index (χ1v) is 4.25. The van der Waals surface area contributed by atoms with Gasteiger partial charge in [-0.1, -0.05) is 5.16 Å². The lowest BCUT2D eigenvalue weighted by molar-refractivity contribution is 0.259. The highest BCUT2D eigenvalue weighted by Crippen LogP contribution is 2.26. The molecule has 1 saturated carbocycles. The summed E-state index contributed by atoms with van der Waals surface area (Å²) in [6.45, 7) is 2.62. The summed E-state index contributed by atoms with van der Waals surface area (Å²) in [6.07, 6.45) is 2.62. The molecule has 1 fully saturated rings. The quantitative estimate of drug-likeness (QED) is 0.672. The molecule has 66 valence electrons. The average molecular weight is 167 g/mol. The molecule has 0 radical (unpaired) electrons. The van der Waals surface area contributed by atoms with Crippen molar-refractivity contribution in [3.05, 3.63) is 11.7 Å². The second-order valence-corrected chi connectivity index (χ2v) is 3.38. The van der Waals surface area contributed by atoms with Gasteiger partial charge in [0.15, 0.2) is 5.82 Å². The van der Waals surface area contributed by atoms with Gasteiger partial charge in [-0.25, -0.2) is 0 Å². The molecule has 0 unspecified atom stereocenters. The van der Waals surface area contributed by atoms with Crippen molar-refractivity contribution in [3.63, 3.8) is 0 Å². The van der Waals surface area contributed by atoms with Crippen molar-refractivity contribution in [2.75, 3.05) is 7.05 Å². The summed E-state index contributed by atoms with van der Waals surface area (Å²) < 4.78 is 5.01. The van der Waals surface area contributed by atoms with Gasteiger partial charge in [0.25, 0.3) is 0 Å². The molecule has 0 bridgehead atoms. The maximum Gasteiger partial charge on any atom is 0.240 e. The molecule has 0 aromatic carbocycles. The SMILES string of the molecule is Cc1noc(CN(C)C2CC2)n1. The van der Waals surface area contributed by atoms with Crippen molar-refractivity contribution in [1.82, 2.24) is 15.0 Å². The van der Waals surface area contributed by atoms with Crippen LogP contribution < -0.4 is 0 Å². The van der Waals surface area contributed by atoms with E-state index < -0.39 is 0 Å². The van der Waals surface area contributed by atoms with Crippen molar-refractivity contribution in [3.8, 4) is 0 Å². The molecule has 0 atom stereocenters. The van der Waals surface area contributed by atoms with Gasteiger partial charge in [-0.3, -0.25) is 4.90 Å². The summed E-state index contributed by atoms with van der Waals surface area (Å²) in [6, 6.07) is 0.747. The Morgan fingerprint density at radius 2 is 2.33 bits per heavy atom. The second kappa shape index (κ2) is 2.86. The minimum absolute atomic E-state index is 0.717. The van der Waals surface area contributed by atoms with Crippen LogP contribution in [0.1, 0.15) is 24.6 Å². The number of hydrogen-bond donors (Lipinski definition) is 0. The number of aromatic nitrogens is 2. The highest BCUT2D eigenvalue weighted by Gasteiger charge is 2.26. The van der Waals surface area contributed by atoms with Crippen LogP contribution in [-0.4, -0.2) is 28.1 Å². The van der Waals surface area contributed by atoms with E-state index in [0.29, 0.717) is 5.82 Å². The van der Waals surface area contributed by atoms with E-state index in [9.17, 15) is 0 Å². The fourth-order valence-corrected chi connectivity index (χ4v) is 1.26. The van der Waals surface area contributed by atoms with Crippen molar-refractivity contribution in [1.29, 1.82) is 0 Å². The van der Waals surface area contributed by atoms with Crippen LogP contribution in [-0.2, 0) is 6.54 Å². The Morgan fingerprint density at radius 3 is 2.83 bits per heavy atom. The largest absolute Gasteiger partial charge is 0.338 e. The maximum atomic E-state index is 5.01. The van der Waals surface area contributed by atoms with E-state index in [4.69, 9.17) is 4.52 Å². The molecule has 0 saturated heterocycles. The number of hydrogen-bond acceptors (Lipinski definition) is 4. The van der Waals surface area contributed by atoms with Gasteiger partial charge >= 0.3 is 0 Å². The van der Waals surface area contributed by atoms with Crippen LogP contribution in [0.25, 0.3) is 0 Å². The van der Waals surface area contributed by atoms with Crippen LogP contribution in [0.4, 0.5) is 0 Å². The third-order valence-electron chi connectivity index (χ3n) is 2.12. The van der Waals surface area contributed by atoms with Crippen molar-refractivity contribution in [2.24, 2.45) is 0 Å². The predicted molar refractivity (Wildman–Crippen MR) is 43.5 cm³/mol. The van der Waals surface area contributed by atoms with E-state index in [1.165, 1.54) is 12.8 Å². The van der Waals surface area contributed by atoms with E-state index in [0.717, 1.165) is 18.5 Å². The molecule has 1 aliphatic rings. The molecule has 0 N–H and O–H groups in total. The molecule has 0 aliphatic heterocycles. The zero-order chi connectivity index (χ0) is 8.55. The van der Waals surface area contributed by atoms with Crippen molar-refractivity contribution >= 4 is 0 Å². The van der Waals surface area contributed by atoms with E-state index in [1.807, 2.05) is 6.92 Å². The molecule has 1 heterocycles. The summed E-state index contributed by atoms with van der Waals surface area (Å²) in [5, 5.41) is 3.74. The van der Waals surface area contributed by atoms with Crippen LogP contribution >= 0.6 is 0 Å². The highest BCUT2D eigenvalue weighted by molar-refractivity contribution is 4.87. The van der Waals surface area contributed by atoms with Crippen molar-refractivity contribution < 1.29 is 4.52 Å². The lowest BCUT2D eigenvalue weighted by Crippen LogP contribution is -2.20. The van der Waals surface area contributed by atoms with Gasteiger partial charge in [0.2, 0.25) is 5.89 Å². The van der Waals surface area contributed by atoms with Gasteiger partial charge in [0.05, 0.1) is 6.54 Å². The molecular formula is C8H13N3O. The molecule has 0 amide bonds. The molecule has 4 nitrogen and oxygen atoms in total. The topological polar surface area (TPSA) is 42.2 Å². The third-order valence-corrected chi connectivity index (χ3v) is 2.12. The Labute approximate surface area is 71.6 Å². The number of aryl methyl sites for hydroxylation is 1. The first kappa shape index (κ1) is 7.73. The molecule has 0 spiro atoms. The Morgan fingerprint density at radius 1 is 1.58 bits per heavy atom. The molecule has 2 rings (SSSR count). The summed E-state index contributed by atoms with van der Waals surface area (Å²) in [7, 11) is 2.09. The van der Waals surface area contributed by atoms with Crippen LogP contribution in [0, 0.1) is 6.92 Å². The fraction of sp³-hybridized carbons (Fsp3) is 0.750. The predicted octanol–water partition coefficient (Wildman–Crippen LogP) is 0.972. The standard InChI is InChI=1S/C8H13N3O/c1-6-9-8(12-10-6)5-11(2)7-3-4-7/h7H,3-5H2,1-2H3. The first-order chi connectivity index (χ1) is 5.75. The smallest absolute Gasteiger partial charge is 0.240 e. The van der Waals surface area contributed by atoms with E-state index in [-0.39, 0.29) is 0 Å². The van der Waals surface area contributed by atoms with E-state index >= 15 is 0 Å². The van der Waals surface area contributed by atoms with E-state index in [2.05, 4.69) is 22.1 Å². The minimum atomic E-state index is 0.717. The Balaban J connectivity index is 1.93. The summed E-state index contributed by atoms with van der Waals surface area (Å²) in [5.41, 5.74) is 0. The van der Waals surface area contributed by atoms with E-state index in [1.54, 1.807) is 0 Å². The van der Waals surface area contributed by atoms with Gasteiger partial charge in [-0.15, -0.1) is 0 Å². The zero-order valence-electron chi connectivity index (χ0n) is 7.45. The number of nitrogens with zero attached hydrogens (tertiary/aromatic N) is 3. The Hall–Kier alpha value is -0.900. The molecule has 1 aromatic rings. The Kier molecular flexibility index (Phi) is 1.84. The molecule has 12 heavy (non-hydrogen) atoms. The fourth-order valence-electron chi connectivity index (χ4n) is 1.26. The molecule has 1 aliphatic carbocycles. The normalized spacial score (nSPS) is 17.2. The maximum absolute atomic E-state index is 5.01. The zero-order valence-corrected chi connectivity index (χ0v) is 7.45. The van der Waals surface area contributed by atoms with Gasteiger partial charge in [-0.2, -0.15) is 4.98 Å². The summed E-state index contributed by atoms with van der Waals surface area (Å²) >= 11 is 0. The monoisotopic (exact) mass is 167 g/mol. The van der Waals surface area contributed by atoms with Crippen LogP contribution in [0.3, 0.4) is 0 Å². The van der Waals surface area contributed by atoms with Gasteiger partial charge in [0, 0.05) is 6.04 Å².